The van der Waals surface area contributed by atoms with Crippen LogP contribution >= 0.6 is 0 Å². The zero-order valence-electron chi connectivity index (χ0n) is 11.2. The number of hydrogen-bond acceptors (Lipinski definition) is 1. The van der Waals surface area contributed by atoms with Crippen molar-refractivity contribution in [3.05, 3.63) is 34.8 Å². The van der Waals surface area contributed by atoms with Crippen molar-refractivity contribution in [3.8, 4) is 0 Å². The molecule has 0 saturated heterocycles. The zero-order valence-corrected chi connectivity index (χ0v) is 11.2. The number of H-pyrrole nitrogens is 1. The Hall–Kier alpha value is -1.35. The molecule has 2 aromatic rings. The number of aromatic nitrogens is 1. The van der Waals surface area contributed by atoms with E-state index in [1.807, 2.05) is 6.92 Å². The van der Waals surface area contributed by atoms with Crippen molar-refractivity contribution in [2.75, 3.05) is 6.54 Å². The molecule has 2 heterocycles. The third kappa shape index (κ3) is 1.74. The van der Waals surface area contributed by atoms with Gasteiger partial charge in [0.25, 0.3) is 0 Å². The molecule has 1 aliphatic heterocycles. The molecule has 0 fully saturated rings. The Bertz CT molecular complexity index is 598. The minimum Gasteiger partial charge on any atom is -0.358 e. The van der Waals surface area contributed by atoms with E-state index in [9.17, 15) is 4.39 Å². The molecule has 1 aromatic carbocycles. The van der Waals surface area contributed by atoms with Gasteiger partial charge in [0.1, 0.15) is 5.82 Å². The van der Waals surface area contributed by atoms with Crippen LogP contribution in [0, 0.1) is 12.7 Å². The molecule has 0 bridgehead atoms. The van der Waals surface area contributed by atoms with Gasteiger partial charge in [-0.2, -0.15) is 0 Å². The van der Waals surface area contributed by atoms with E-state index in [-0.39, 0.29) is 5.82 Å². The summed E-state index contributed by atoms with van der Waals surface area (Å²) in [6, 6.07) is 3.81. The molecule has 2 nitrogen and oxygen atoms in total. The first-order chi connectivity index (χ1) is 8.56. The van der Waals surface area contributed by atoms with Gasteiger partial charge in [0.15, 0.2) is 0 Å². The van der Waals surface area contributed by atoms with Crippen LogP contribution in [0.5, 0.6) is 0 Å². The SMILES string of the molecule is Cc1cc(F)cc2c3c([nH]c12)CCN(C(C)C)C3. The first-order valence-electron chi connectivity index (χ1n) is 6.60. The largest absolute Gasteiger partial charge is 0.358 e. The molecular weight excluding hydrogens is 227 g/mol. The van der Waals surface area contributed by atoms with Crippen molar-refractivity contribution in [1.82, 2.24) is 9.88 Å². The molecule has 0 unspecified atom stereocenters. The Morgan fingerprint density at radius 1 is 1.33 bits per heavy atom. The highest BCUT2D eigenvalue weighted by Gasteiger charge is 2.22. The fourth-order valence-electron chi connectivity index (χ4n) is 2.91. The van der Waals surface area contributed by atoms with Crippen molar-refractivity contribution in [3.63, 3.8) is 0 Å². The van der Waals surface area contributed by atoms with Crippen molar-refractivity contribution < 1.29 is 4.39 Å². The van der Waals surface area contributed by atoms with Crippen molar-refractivity contribution >= 4 is 10.9 Å². The lowest BCUT2D eigenvalue weighted by Gasteiger charge is -2.30. The van der Waals surface area contributed by atoms with E-state index in [0.717, 1.165) is 36.0 Å². The van der Waals surface area contributed by atoms with Crippen molar-refractivity contribution in [2.24, 2.45) is 0 Å². The van der Waals surface area contributed by atoms with E-state index in [0.29, 0.717) is 6.04 Å². The topological polar surface area (TPSA) is 19.0 Å². The molecule has 0 saturated carbocycles. The number of aryl methyl sites for hydroxylation is 1. The second kappa shape index (κ2) is 4.09. The number of fused-ring (bicyclic) bond motifs is 3. The van der Waals surface area contributed by atoms with Gasteiger partial charge in [-0.15, -0.1) is 0 Å². The Labute approximate surface area is 107 Å². The summed E-state index contributed by atoms with van der Waals surface area (Å²) in [6.45, 7) is 8.40. The first kappa shape index (κ1) is 11.7. The van der Waals surface area contributed by atoms with E-state index in [2.05, 4.69) is 23.7 Å². The van der Waals surface area contributed by atoms with E-state index < -0.39 is 0 Å². The minimum atomic E-state index is -0.136. The predicted octanol–water partition coefficient (Wildman–Crippen LogP) is 3.38. The van der Waals surface area contributed by atoms with Gasteiger partial charge >= 0.3 is 0 Å². The van der Waals surface area contributed by atoms with E-state index >= 15 is 0 Å². The Morgan fingerprint density at radius 2 is 2.11 bits per heavy atom. The molecule has 96 valence electrons. The maximum absolute atomic E-state index is 13.6. The first-order valence-corrected chi connectivity index (χ1v) is 6.60. The van der Waals surface area contributed by atoms with Crippen LogP contribution in [0.3, 0.4) is 0 Å². The Kier molecular flexibility index (Phi) is 2.67. The summed E-state index contributed by atoms with van der Waals surface area (Å²) in [6.07, 6.45) is 1.03. The quantitative estimate of drug-likeness (QED) is 0.817. The fraction of sp³-hybridized carbons (Fsp3) is 0.467. The van der Waals surface area contributed by atoms with Crippen LogP contribution in [-0.4, -0.2) is 22.5 Å². The summed E-state index contributed by atoms with van der Waals surface area (Å²) in [7, 11) is 0. The van der Waals surface area contributed by atoms with Crippen LogP contribution in [0.15, 0.2) is 12.1 Å². The average molecular weight is 246 g/mol. The number of nitrogens with one attached hydrogen (secondary N) is 1. The molecule has 0 radical (unpaired) electrons. The van der Waals surface area contributed by atoms with Crippen LogP contribution in [0.4, 0.5) is 4.39 Å². The number of rotatable bonds is 1. The highest BCUT2D eigenvalue weighted by atomic mass is 19.1. The fourth-order valence-corrected chi connectivity index (χ4v) is 2.91. The van der Waals surface area contributed by atoms with Gasteiger partial charge in [-0.3, -0.25) is 4.90 Å². The third-order valence-electron chi connectivity index (χ3n) is 4.01. The third-order valence-corrected chi connectivity index (χ3v) is 4.01. The molecule has 0 amide bonds. The van der Waals surface area contributed by atoms with Gasteiger partial charge in [-0.25, -0.2) is 4.39 Å². The van der Waals surface area contributed by atoms with E-state index in [1.165, 1.54) is 11.3 Å². The molecule has 1 N–H and O–H groups in total. The minimum absolute atomic E-state index is 0.136. The Morgan fingerprint density at radius 3 is 2.83 bits per heavy atom. The van der Waals surface area contributed by atoms with E-state index in [1.54, 1.807) is 12.1 Å². The second-order valence-corrected chi connectivity index (χ2v) is 5.54. The molecule has 0 atom stereocenters. The van der Waals surface area contributed by atoms with E-state index in [4.69, 9.17) is 0 Å². The summed E-state index contributed by atoms with van der Waals surface area (Å²) in [5, 5.41) is 1.06. The lowest BCUT2D eigenvalue weighted by Crippen LogP contribution is -2.35. The standard InChI is InChI=1S/C15H19FN2/c1-9(2)18-5-4-14-13(8-18)12-7-11(16)6-10(3)15(12)17-14/h6-7,9,17H,4-5,8H2,1-3H3. The van der Waals surface area contributed by atoms with Gasteiger partial charge in [0, 0.05) is 42.1 Å². The number of aromatic amines is 1. The van der Waals surface area contributed by atoms with Crippen LogP contribution in [0.25, 0.3) is 10.9 Å². The molecule has 3 rings (SSSR count). The van der Waals surface area contributed by atoms with Crippen LogP contribution < -0.4 is 0 Å². The highest BCUT2D eigenvalue weighted by Crippen LogP contribution is 2.30. The van der Waals surface area contributed by atoms with Crippen LogP contribution in [0.2, 0.25) is 0 Å². The normalized spacial score (nSPS) is 16.5. The molecule has 0 spiro atoms. The number of halogens is 1. The molecule has 3 heteroatoms. The maximum atomic E-state index is 13.6. The number of hydrogen-bond donors (Lipinski definition) is 1. The van der Waals surface area contributed by atoms with Gasteiger partial charge in [-0.05, 0) is 44.0 Å². The summed E-state index contributed by atoms with van der Waals surface area (Å²) < 4.78 is 13.6. The molecule has 1 aromatic heterocycles. The van der Waals surface area contributed by atoms with Crippen molar-refractivity contribution in [1.29, 1.82) is 0 Å². The van der Waals surface area contributed by atoms with Gasteiger partial charge in [0.2, 0.25) is 0 Å². The molecular formula is C15H19FN2. The van der Waals surface area contributed by atoms with Gasteiger partial charge < -0.3 is 4.98 Å². The second-order valence-electron chi connectivity index (χ2n) is 5.54. The maximum Gasteiger partial charge on any atom is 0.124 e. The van der Waals surface area contributed by atoms with Gasteiger partial charge in [-0.1, -0.05) is 0 Å². The predicted molar refractivity (Wildman–Crippen MR) is 72.2 cm³/mol. The lowest BCUT2D eigenvalue weighted by molar-refractivity contribution is 0.203. The summed E-state index contributed by atoms with van der Waals surface area (Å²) in [5.41, 5.74) is 4.67. The molecule has 1 aliphatic rings. The number of benzene rings is 1. The van der Waals surface area contributed by atoms with Crippen LogP contribution in [0.1, 0.15) is 30.7 Å². The molecule has 18 heavy (non-hydrogen) atoms. The summed E-state index contributed by atoms with van der Waals surface area (Å²) in [4.78, 5) is 5.92. The monoisotopic (exact) mass is 246 g/mol. The Balaban J connectivity index is 2.15. The lowest BCUT2D eigenvalue weighted by atomic mass is 10.0. The smallest absolute Gasteiger partial charge is 0.124 e. The summed E-state index contributed by atoms with van der Waals surface area (Å²) >= 11 is 0. The average Bonchev–Trinajstić information content (AvgIpc) is 2.67. The molecule has 0 aliphatic carbocycles. The van der Waals surface area contributed by atoms with Crippen LogP contribution in [-0.2, 0) is 13.0 Å². The van der Waals surface area contributed by atoms with Crippen molar-refractivity contribution in [2.45, 2.75) is 39.8 Å². The highest BCUT2D eigenvalue weighted by molar-refractivity contribution is 5.87. The zero-order chi connectivity index (χ0) is 12.9. The summed E-state index contributed by atoms with van der Waals surface area (Å²) in [5.74, 6) is -0.136. The number of nitrogens with zero attached hydrogens (tertiary/aromatic N) is 1. The van der Waals surface area contributed by atoms with Gasteiger partial charge in [0.05, 0.1) is 0 Å².